The Kier molecular flexibility index (Phi) is 5.56. The lowest BCUT2D eigenvalue weighted by atomic mass is 10.0. The Bertz CT molecular complexity index is 1070. The summed E-state index contributed by atoms with van der Waals surface area (Å²) in [6, 6.07) is 24.4. The molecule has 4 rings (SSSR count). The van der Waals surface area contributed by atoms with Crippen LogP contribution in [0.4, 0.5) is 0 Å². The summed E-state index contributed by atoms with van der Waals surface area (Å²) in [7, 11) is 0. The molecular weight excluding hydrogens is 362 g/mol. The van der Waals surface area contributed by atoms with Gasteiger partial charge < -0.3 is 9.47 Å². The van der Waals surface area contributed by atoms with Crippen molar-refractivity contribution in [1.29, 1.82) is 0 Å². The van der Waals surface area contributed by atoms with E-state index < -0.39 is 0 Å². The lowest BCUT2D eigenvalue weighted by Crippen LogP contribution is -2.02. The van der Waals surface area contributed by atoms with E-state index in [9.17, 15) is 0 Å². The monoisotopic (exact) mass is 385 g/mol. The minimum absolute atomic E-state index is 0.573. The number of hydrogen-bond donors (Lipinski definition) is 0. The molecule has 0 aliphatic carbocycles. The number of nitrogens with zero attached hydrogens (tertiary/aromatic N) is 3. The molecule has 0 saturated heterocycles. The summed E-state index contributed by atoms with van der Waals surface area (Å²) >= 11 is 0. The molecule has 0 N–H and O–H groups in total. The lowest BCUT2D eigenvalue weighted by molar-refractivity contribution is 0.329. The minimum atomic E-state index is 0.573. The molecule has 0 radical (unpaired) electrons. The normalized spacial score (nSPS) is 10.7. The first-order valence-electron chi connectivity index (χ1n) is 9.76. The number of ether oxygens (including phenoxy) is 2. The second kappa shape index (κ2) is 8.61. The molecular formula is C24H23N3O2. The van der Waals surface area contributed by atoms with Crippen LogP contribution in [-0.2, 0) is 0 Å². The standard InChI is InChI=1S/C24H23N3O2/c1-3-28-21-14-15-24(29-4-2)23(16-21)27-17-22(25-26-27)20-12-10-19(11-13-20)18-8-6-5-7-9-18/h5-17H,3-4H2,1-2H3. The van der Waals surface area contributed by atoms with Crippen molar-refractivity contribution in [2.24, 2.45) is 0 Å². The van der Waals surface area contributed by atoms with Gasteiger partial charge in [-0.05, 0) is 37.1 Å². The van der Waals surface area contributed by atoms with E-state index in [0.717, 1.165) is 28.4 Å². The van der Waals surface area contributed by atoms with E-state index in [1.54, 1.807) is 4.68 Å². The molecule has 5 nitrogen and oxygen atoms in total. The van der Waals surface area contributed by atoms with Crippen molar-refractivity contribution in [3.05, 3.63) is 79.0 Å². The molecule has 1 heterocycles. The maximum absolute atomic E-state index is 5.76. The molecule has 0 saturated carbocycles. The molecule has 29 heavy (non-hydrogen) atoms. The molecule has 0 fully saturated rings. The topological polar surface area (TPSA) is 49.2 Å². The van der Waals surface area contributed by atoms with E-state index in [-0.39, 0.29) is 0 Å². The van der Waals surface area contributed by atoms with Gasteiger partial charge in [-0.3, -0.25) is 0 Å². The molecule has 146 valence electrons. The van der Waals surface area contributed by atoms with Crippen molar-refractivity contribution < 1.29 is 9.47 Å². The number of rotatable bonds is 7. The molecule has 0 bridgehead atoms. The predicted molar refractivity (Wildman–Crippen MR) is 115 cm³/mol. The van der Waals surface area contributed by atoms with E-state index in [1.165, 1.54) is 11.1 Å². The zero-order valence-electron chi connectivity index (χ0n) is 16.6. The van der Waals surface area contributed by atoms with E-state index in [0.29, 0.717) is 13.2 Å². The Hall–Kier alpha value is -3.60. The summed E-state index contributed by atoms with van der Waals surface area (Å²) in [5.74, 6) is 1.52. The van der Waals surface area contributed by atoms with Crippen molar-refractivity contribution in [2.45, 2.75) is 13.8 Å². The van der Waals surface area contributed by atoms with Crippen LogP contribution in [0, 0.1) is 0 Å². The van der Waals surface area contributed by atoms with Crippen LogP contribution in [0.2, 0.25) is 0 Å². The van der Waals surface area contributed by atoms with Crippen LogP contribution in [0.1, 0.15) is 13.8 Å². The number of benzene rings is 3. The summed E-state index contributed by atoms with van der Waals surface area (Å²) in [4.78, 5) is 0. The fourth-order valence-corrected chi connectivity index (χ4v) is 3.19. The Morgan fingerprint density at radius 3 is 2.17 bits per heavy atom. The van der Waals surface area contributed by atoms with E-state index in [2.05, 4.69) is 46.7 Å². The van der Waals surface area contributed by atoms with Crippen molar-refractivity contribution in [3.63, 3.8) is 0 Å². The van der Waals surface area contributed by atoms with Gasteiger partial charge in [0, 0.05) is 11.6 Å². The van der Waals surface area contributed by atoms with Crippen molar-refractivity contribution in [3.8, 4) is 39.6 Å². The molecule has 0 spiro atoms. The number of aromatic nitrogens is 3. The second-order valence-corrected chi connectivity index (χ2v) is 6.49. The van der Waals surface area contributed by atoms with E-state index in [1.807, 2.05) is 56.4 Å². The van der Waals surface area contributed by atoms with Gasteiger partial charge in [0.05, 0.1) is 19.4 Å². The van der Waals surface area contributed by atoms with Crippen LogP contribution in [0.25, 0.3) is 28.1 Å². The highest BCUT2D eigenvalue weighted by molar-refractivity contribution is 5.68. The first kappa shape index (κ1) is 18.7. The minimum Gasteiger partial charge on any atom is -0.494 e. The van der Waals surface area contributed by atoms with Gasteiger partial charge in [0.15, 0.2) is 0 Å². The van der Waals surface area contributed by atoms with Crippen LogP contribution in [0.3, 0.4) is 0 Å². The summed E-state index contributed by atoms with van der Waals surface area (Å²) in [6.45, 7) is 5.09. The van der Waals surface area contributed by atoms with Gasteiger partial charge in [0.25, 0.3) is 0 Å². The van der Waals surface area contributed by atoms with Gasteiger partial charge in [-0.25, -0.2) is 4.68 Å². The molecule has 0 unspecified atom stereocenters. The van der Waals surface area contributed by atoms with Gasteiger partial charge >= 0.3 is 0 Å². The predicted octanol–water partition coefficient (Wildman–Crippen LogP) is 5.40. The summed E-state index contributed by atoms with van der Waals surface area (Å²) in [5.41, 5.74) is 4.97. The maximum atomic E-state index is 5.76. The van der Waals surface area contributed by atoms with Crippen molar-refractivity contribution in [1.82, 2.24) is 15.0 Å². The average Bonchev–Trinajstić information content (AvgIpc) is 3.26. The molecule has 4 aromatic rings. The Labute approximate surface area is 170 Å². The summed E-state index contributed by atoms with van der Waals surface area (Å²) < 4.78 is 13.1. The van der Waals surface area contributed by atoms with Crippen molar-refractivity contribution >= 4 is 0 Å². The van der Waals surface area contributed by atoms with Gasteiger partial charge in [0.2, 0.25) is 0 Å². The molecule has 0 atom stereocenters. The van der Waals surface area contributed by atoms with E-state index >= 15 is 0 Å². The fourth-order valence-electron chi connectivity index (χ4n) is 3.19. The Morgan fingerprint density at radius 2 is 1.45 bits per heavy atom. The smallest absolute Gasteiger partial charge is 0.145 e. The zero-order chi connectivity index (χ0) is 20.1. The first-order chi connectivity index (χ1) is 14.3. The fraction of sp³-hybridized carbons (Fsp3) is 0.167. The quantitative estimate of drug-likeness (QED) is 0.427. The van der Waals surface area contributed by atoms with Gasteiger partial charge in [-0.1, -0.05) is 59.8 Å². The summed E-state index contributed by atoms with van der Waals surface area (Å²) in [6.07, 6.45) is 1.91. The molecule has 3 aromatic carbocycles. The molecule has 0 aliphatic heterocycles. The highest BCUT2D eigenvalue weighted by Gasteiger charge is 2.12. The van der Waals surface area contributed by atoms with Crippen LogP contribution >= 0.6 is 0 Å². The third kappa shape index (κ3) is 4.14. The molecule has 0 amide bonds. The van der Waals surface area contributed by atoms with Gasteiger partial charge in [-0.15, -0.1) is 5.10 Å². The second-order valence-electron chi connectivity index (χ2n) is 6.49. The van der Waals surface area contributed by atoms with Crippen LogP contribution in [0.5, 0.6) is 11.5 Å². The maximum Gasteiger partial charge on any atom is 0.145 e. The zero-order valence-corrected chi connectivity index (χ0v) is 16.6. The summed E-state index contributed by atoms with van der Waals surface area (Å²) in [5, 5.41) is 8.68. The molecule has 1 aromatic heterocycles. The average molecular weight is 385 g/mol. The highest BCUT2D eigenvalue weighted by atomic mass is 16.5. The highest BCUT2D eigenvalue weighted by Crippen LogP contribution is 2.29. The number of hydrogen-bond acceptors (Lipinski definition) is 4. The van der Waals surface area contributed by atoms with Crippen molar-refractivity contribution in [2.75, 3.05) is 13.2 Å². The lowest BCUT2D eigenvalue weighted by Gasteiger charge is -2.11. The Balaban J connectivity index is 1.64. The third-order valence-electron chi connectivity index (χ3n) is 4.57. The third-order valence-corrected chi connectivity index (χ3v) is 4.57. The van der Waals surface area contributed by atoms with Crippen LogP contribution < -0.4 is 9.47 Å². The van der Waals surface area contributed by atoms with E-state index in [4.69, 9.17) is 9.47 Å². The largest absolute Gasteiger partial charge is 0.494 e. The SMILES string of the molecule is CCOc1ccc(OCC)c(-n2cc(-c3ccc(-c4ccccc4)cc3)nn2)c1. The molecule has 0 aliphatic rings. The van der Waals surface area contributed by atoms with Gasteiger partial charge in [-0.2, -0.15) is 0 Å². The Morgan fingerprint density at radius 1 is 0.759 bits per heavy atom. The first-order valence-corrected chi connectivity index (χ1v) is 9.76. The molecule has 5 heteroatoms. The van der Waals surface area contributed by atoms with Crippen LogP contribution in [-0.4, -0.2) is 28.2 Å². The van der Waals surface area contributed by atoms with Crippen LogP contribution in [0.15, 0.2) is 79.0 Å². The van der Waals surface area contributed by atoms with Gasteiger partial charge in [0.1, 0.15) is 22.9 Å².